The number of hydrogen-bond acceptors (Lipinski definition) is 4. The Bertz CT molecular complexity index is 821. The van der Waals surface area contributed by atoms with E-state index in [4.69, 9.17) is 0 Å². The molecule has 126 valence electrons. The van der Waals surface area contributed by atoms with Gasteiger partial charge in [-0.25, -0.2) is 8.78 Å². The number of fused-ring (bicyclic) bond motifs is 3. The van der Waals surface area contributed by atoms with E-state index in [1.54, 1.807) is 4.90 Å². The van der Waals surface area contributed by atoms with Crippen molar-refractivity contribution in [2.45, 2.75) is 29.5 Å². The van der Waals surface area contributed by atoms with Crippen LogP contribution in [0.2, 0.25) is 0 Å². The Morgan fingerprint density at radius 2 is 2.17 bits per heavy atom. The van der Waals surface area contributed by atoms with Gasteiger partial charge in [-0.2, -0.15) is 0 Å². The SMILES string of the molecule is O=C(c1cc2c(s1)-c1cc(F)cc(F)c1SC2)N1CCCC1CO. The first-order valence-electron chi connectivity index (χ1n) is 7.75. The summed E-state index contributed by atoms with van der Waals surface area (Å²) in [7, 11) is 0. The van der Waals surface area contributed by atoms with Gasteiger partial charge in [0.15, 0.2) is 0 Å². The number of thiophene rings is 1. The molecule has 1 aromatic carbocycles. The maximum atomic E-state index is 14.0. The van der Waals surface area contributed by atoms with Gasteiger partial charge in [-0.3, -0.25) is 4.79 Å². The van der Waals surface area contributed by atoms with Gasteiger partial charge in [-0.15, -0.1) is 23.1 Å². The lowest BCUT2D eigenvalue weighted by atomic mass is 10.1. The first-order valence-corrected chi connectivity index (χ1v) is 9.55. The molecule has 1 atom stereocenters. The predicted octanol–water partition coefficient (Wildman–Crippen LogP) is 3.90. The molecular formula is C17H15F2NO2S2. The Balaban J connectivity index is 1.73. The van der Waals surface area contributed by atoms with Crippen LogP contribution in [-0.4, -0.2) is 35.1 Å². The van der Waals surface area contributed by atoms with Crippen molar-refractivity contribution in [2.24, 2.45) is 0 Å². The summed E-state index contributed by atoms with van der Waals surface area (Å²) >= 11 is 2.61. The zero-order chi connectivity index (χ0) is 16.8. The maximum absolute atomic E-state index is 14.0. The van der Waals surface area contributed by atoms with Gasteiger partial charge in [0.05, 0.1) is 22.4 Å². The molecule has 1 unspecified atom stereocenters. The number of aliphatic hydroxyl groups excluding tert-OH is 1. The highest BCUT2D eigenvalue weighted by Crippen LogP contribution is 2.47. The molecule has 3 nitrogen and oxygen atoms in total. The van der Waals surface area contributed by atoms with Gasteiger partial charge in [0.25, 0.3) is 5.91 Å². The summed E-state index contributed by atoms with van der Waals surface area (Å²) in [5.41, 5.74) is 1.47. The van der Waals surface area contributed by atoms with E-state index in [0.29, 0.717) is 27.6 Å². The number of nitrogens with zero attached hydrogens (tertiary/aromatic N) is 1. The van der Waals surface area contributed by atoms with E-state index < -0.39 is 11.6 Å². The summed E-state index contributed by atoms with van der Waals surface area (Å²) in [6, 6.07) is 3.93. The Kier molecular flexibility index (Phi) is 4.10. The van der Waals surface area contributed by atoms with E-state index in [1.165, 1.54) is 29.2 Å². The second-order valence-electron chi connectivity index (χ2n) is 6.00. The van der Waals surface area contributed by atoms with E-state index >= 15 is 0 Å². The molecule has 2 aromatic rings. The maximum Gasteiger partial charge on any atom is 0.264 e. The Hall–Kier alpha value is -1.44. The Morgan fingerprint density at radius 1 is 1.33 bits per heavy atom. The van der Waals surface area contributed by atoms with Crippen molar-refractivity contribution in [3.63, 3.8) is 0 Å². The summed E-state index contributed by atoms with van der Waals surface area (Å²) in [5.74, 6) is -0.699. The number of likely N-dealkylation sites (tertiary alicyclic amines) is 1. The fourth-order valence-corrected chi connectivity index (χ4v) is 5.68. The third kappa shape index (κ3) is 2.55. The van der Waals surface area contributed by atoms with Gasteiger partial charge in [-0.05, 0) is 30.5 Å². The zero-order valence-electron chi connectivity index (χ0n) is 12.7. The minimum Gasteiger partial charge on any atom is -0.394 e. The normalized spacial score (nSPS) is 19.3. The second kappa shape index (κ2) is 6.13. The van der Waals surface area contributed by atoms with E-state index in [1.807, 2.05) is 6.07 Å². The molecule has 1 saturated heterocycles. The summed E-state index contributed by atoms with van der Waals surface area (Å²) < 4.78 is 27.6. The molecule has 4 rings (SSSR count). The van der Waals surface area contributed by atoms with Crippen molar-refractivity contribution in [3.8, 4) is 10.4 Å². The Labute approximate surface area is 146 Å². The predicted molar refractivity (Wildman–Crippen MR) is 90.4 cm³/mol. The van der Waals surface area contributed by atoms with Crippen LogP contribution in [0.5, 0.6) is 0 Å². The highest BCUT2D eigenvalue weighted by molar-refractivity contribution is 7.98. The highest BCUT2D eigenvalue weighted by atomic mass is 32.2. The average Bonchev–Trinajstić information content (AvgIpc) is 3.20. The lowest BCUT2D eigenvalue weighted by Gasteiger charge is -2.22. The molecule has 3 heterocycles. The summed E-state index contributed by atoms with van der Waals surface area (Å²) in [4.78, 5) is 16.2. The smallest absolute Gasteiger partial charge is 0.264 e. The molecule has 1 N–H and O–H groups in total. The van der Waals surface area contributed by atoms with Crippen molar-refractivity contribution < 1.29 is 18.7 Å². The largest absolute Gasteiger partial charge is 0.394 e. The topological polar surface area (TPSA) is 40.5 Å². The van der Waals surface area contributed by atoms with Crippen LogP contribution < -0.4 is 0 Å². The molecule has 1 amide bonds. The van der Waals surface area contributed by atoms with E-state index in [0.717, 1.165) is 29.3 Å². The number of hydrogen-bond donors (Lipinski definition) is 1. The first kappa shape index (κ1) is 16.1. The molecule has 7 heteroatoms. The molecule has 1 aromatic heterocycles. The number of aliphatic hydroxyl groups is 1. The van der Waals surface area contributed by atoms with Gasteiger partial charge in [0, 0.05) is 28.8 Å². The molecule has 0 saturated carbocycles. The molecule has 0 radical (unpaired) electrons. The number of thioether (sulfide) groups is 1. The van der Waals surface area contributed by atoms with Crippen molar-refractivity contribution in [1.29, 1.82) is 0 Å². The summed E-state index contributed by atoms with van der Waals surface area (Å²) in [6.07, 6.45) is 1.69. The van der Waals surface area contributed by atoms with Crippen molar-refractivity contribution in [3.05, 3.63) is 40.3 Å². The lowest BCUT2D eigenvalue weighted by Crippen LogP contribution is -2.37. The minimum absolute atomic E-state index is 0.0358. The first-order chi connectivity index (χ1) is 11.6. The van der Waals surface area contributed by atoms with Gasteiger partial charge in [-0.1, -0.05) is 0 Å². The summed E-state index contributed by atoms with van der Waals surface area (Å²) in [5, 5.41) is 9.41. The van der Waals surface area contributed by atoms with Crippen molar-refractivity contribution in [1.82, 2.24) is 4.90 Å². The second-order valence-corrected chi connectivity index (χ2v) is 8.03. The number of halogens is 2. The minimum atomic E-state index is -0.610. The standard InChI is InChI=1S/C17H15F2NO2S2/c18-10-5-12-15-9(8-23-16(12)13(19)6-10)4-14(24-15)17(22)20-3-1-2-11(20)7-21/h4-6,11,21H,1-3,7-8H2. The zero-order valence-corrected chi connectivity index (χ0v) is 14.4. The molecule has 0 aliphatic carbocycles. The fourth-order valence-electron chi connectivity index (χ4n) is 3.33. The Morgan fingerprint density at radius 3 is 2.96 bits per heavy atom. The third-order valence-corrected chi connectivity index (χ3v) is 6.85. The van der Waals surface area contributed by atoms with Crippen molar-refractivity contribution in [2.75, 3.05) is 13.2 Å². The summed E-state index contributed by atoms with van der Waals surface area (Å²) in [6.45, 7) is 0.604. The van der Waals surface area contributed by atoms with E-state index in [-0.39, 0.29) is 18.6 Å². The van der Waals surface area contributed by atoms with Crippen LogP contribution in [0.15, 0.2) is 23.1 Å². The third-order valence-electron chi connectivity index (χ3n) is 4.49. The van der Waals surface area contributed by atoms with Gasteiger partial charge in [0.2, 0.25) is 0 Å². The molecule has 2 aliphatic heterocycles. The molecular weight excluding hydrogens is 352 g/mol. The number of rotatable bonds is 2. The van der Waals surface area contributed by atoms with Gasteiger partial charge in [0.1, 0.15) is 11.6 Å². The number of carbonyl (C=O) groups excluding carboxylic acids is 1. The van der Waals surface area contributed by atoms with Crippen LogP contribution >= 0.6 is 23.1 Å². The number of carbonyl (C=O) groups is 1. The van der Waals surface area contributed by atoms with Crippen LogP contribution in [0, 0.1) is 11.6 Å². The number of amides is 1. The van der Waals surface area contributed by atoms with Crippen LogP contribution in [-0.2, 0) is 5.75 Å². The number of benzene rings is 1. The van der Waals surface area contributed by atoms with Crippen LogP contribution in [0.4, 0.5) is 8.78 Å². The van der Waals surface area contributed by atoms with Crippen LogP contribution in [0.1, 0.15) is 28.1 Å². The van der Waals surface area contributed by atoms with E-state index in [2.05, 4.69) is 0 Å². The van der Waals surface area contributed by atoms with Crippen molar-refractivity contribution >= 4 is 29.0 Å². The van der Waals surface area contributed by atoms with E-state index in [9.17, 15) is 18.7 Å². The lowest BCUT2D eigenvalue weighted by molar-refractivity contribution is 0.0682. The van der Waals surface area contributed by atoms with Gasteiger partial charge < -0.3 is 10.0 Å². The molecule has 0 spiro atoms. The molecule has 1 fully saturated rings. The fraction of sp³-hybridized carbons (Fsp3) is 0.353. The highest BCUT2D eigenvalue weighted by Gasteiger charge is 2.31. The molecule has 0 bridgehead atoms. The molecule has 24 heavy (non-hydrogen) atoms. The quantitative estimate of drug-likeness (QED) is 0.875. The average molecular weight is 367 g/mol. The molecule has 2 aliphatic rings. The van der Waals surface area contributed by atoms with Crippen LogP contribution in [0.3, 0.4) is 0 Å². The monoisotopic (exact) mass is 367 g/mol. The van der Waals surface area contributed by atoms with Crippen LogP contribution in [0.25, 0.3) is 10.4 Å². The van der Waals surface area contributed by atoms with Gasteiger partial charge >= 0.3 is 0 Å².